The van der Waals surface area contributed by atoms with Gasteiger partial charge < -0.3 is 14.2 Å². The van der Waals surface area contributed by atoms with Crippen molar-refractivity contribution in [3.05, 3.63) is 24.3 Å². The molecule has 0 aromatic carbocycles. The fourth-order valence-electron chi connectivity index (χ4n) is 9.72. The molecule has 0 amide bonds. The van der Waals surface area contributed by atoms with Crippen LogP contribution in [0.4, 0.5) is 0 Å². The van der Waals surface area contributed by atoms with E-state index >= 15 is 0 Å². The van der Waals surface area contributed by atoms with E-state index in [0.29, 0.717) is 26.1 Å². The van der Waals surface area contributed by atoms with Crippen LogP contribution in [0.25, 0.3) is 0 Å². The second-order valence-corrected chi connectivity index (χ2v) is 21.7. The zero-order chi connectivity index (χ0) is 50.6. The van der Waals surface area contributed by atoms with Crippen molar-refractivity contribution in [2.24, 2.45) is 0 Å². The second kappa shape index (κ2) is 61.7. The minimum atomic E-state index is -0.531. The van der Waals surface area contributed by atoms with Gasteiger partial charge in [-0.15, -0.1) is 0 Å². The summed E-state index contributed by atoms with van der Waals surface area (Å²) in [5.41, 5.74) is 0. The standard InChI is InChI=1S/C65H124O5/c1-4-7-10-13-16-19-22-25-28-31-33-35-37-40-43-46-49-52-55-58-64(66)69-62-63(61-68-60-57-54-51-48-45-42-39-30-27-24-21-18-15-12-9-6-3)70-65(67)59-56-53-50-47-44-41-38-36-34-32-29-26-23-20-17-14-11-8-5-2/h16,19,25,28,63H,4-15,17-18,20-24,26-27,29-62H2,1-3H3/b19-16-,28-25-. The Balaban J connectivity index is 4.21. The molecule has 0 aliphatic heterocycles. The van der Waals surface area contributed by atoms with Gasteiger partial charge in [0.15, 0.2) is 6.10 Å². The normalized spacial score (nSPS) is 12.2. The zero-order valence-electron chi connectivity index (χ0n) is 47.8. The molecule has 0 radical (unpaired) electrons. The van der Waals surface area contributed by atoms with Crippen molar-refractivity contribution >= 4 is 11.9 Å². The van der Waals surface area contributed by atoms with Crippen molar-refractivity contribution in [3.63, 3.8) is 0 Å². The van der Waals surface area contributed by atoms with Crippen LogP contribution in [0.1, 0.15) is 355 Å². The molecule has 0 aliphatic carbocycles. The molecule has 1 unspecified atom stereocenters. The Labute approximate surface area is 438 Å². The van der Waals surface area contributed by atoms with Crippen LogP contribution in [0.3, 0.4) is 0 Å². The third kappa shape index (κ3) is 58.9. The van der Waals surface area contributed by atoms with Gasteiger partial charge >= 0.3 is 11.9 Å². The van der Waals surface area contributed by atoms with Crippen LogP contribution in [-0.4, -0.2) is 37.9 Å². The van der Waals surface area contributed by atoms with Crippen molar-refractivity contribution in [2.75, 3.05) is 19.8 Å². The van der Waals surface area contributed by atoms with Crippen molar-refractivity contribution < 1.29 is 23.8 Å². The van der Waals surface area contributed by atoms with Gasteiger partial charge in [0, 0.05) is 19.4 Å². The molecule has 0 bridgehead atoms. The van der Waals surface area contributed by atoms with Crippen molar-refractivity contribution in [1.29, 1.82) is 0 Å². The second-order valence-electron chi connectivity index (χ2n) is 21.7. The summed E-state index contributed by atoms with van der Waals surface area (Å²) < 4.78 is 17.6. The predicted molar refractivity (Wildman–Crippen MR) is 307 cm³/mol. The molecule has 0 heterocycles. The Bertz CT molecular complexity index is 1070. The lowest BCUT2D eigenvalue weighted by Crippen LogP contribution is -2.30. The quantitative estimate of drug-likeness (QED) is 0.0345. The Hall–Kier alpha value is -1.62. The molecule has 0 aromatic heterocycles. The highest BCUT2D eigenvalue weighted by atomic mass is 16.6. The molecule has 0 saturated heterocycles. The van der Waals surface area contributed by atoms with Gasteiger partial charge in [0.05, 0.1) is 6.61 Å². The fourth-order valence-corrected chi connectivity index (χ4v) is 9.72. The SMILES string of the molecule is CCCCC/C=C\C/C=C\CCCCCCCCCCCC(=O)OCC(COCCCCCCCCCCCCCCCCCC)OC(=O)CCCCCCCCCCCCCCCCCCCCC. The third-order valence-corrected chi connectivity index (χ3v) is 14.5. The van der Waals surface area contributed by atoms with Gasteiger partial charge in [-0.25, -0.2) is 0 Å². The van der Waals surface area contributed by atoms with E-state index < -0.39 is 6.10 Å². The maximum atomic E-state index is 12.9. The summed E-state index contributed by atoms with van der Waals surface area (Å²) in [6.07, 6.45) is 75.0. The van der Waals surface area contributed by atoms with Crippen LogP contribution in [0, 0.1) is 0 Å². The molecule has 0 aliphatic rings. The molecular formula is C65H124O5. The number of rotatable bonds is 60. The predicted octanol–water partition coefficient (Wildman–Crippen LogP) is 21.9. The lowest BCUT2D eigenvalue weighted by molar-refractivity contribution is -0.163. The summed E-state index contributed by atoms with van der Waals surface area (Å²) in [4.78, 5) is 25.6. The number of unbranched alkanes of at least 4 members (excludes halogenated alkanes) is 45. The van der Waals surface area contributed by atoms with Gasteiger partial charge in [-0.3, -0.25) is 9.59 Å². The van der Waals surface area contributed by atoms with Gasteiger partial charge in [0.2, 0.25) is 0 Å². The number of hydrogen-bond acceptors (Lipinski definition) is 5. The highest BCUT2D eigenvalue weighted by Gasteiger charge is 2.18. The first kappa shape index (κ1) is 68.4. The number of esters is 2. The zero-order valence-corrected chi connectivity index (χ0v) is 47.8. The van der Waals surface area contributed by atoms with Gasteiger partial charge in [-0.1, -0.05) is 315 Å². The summed E-state index contributed by atoms with van der Waals surface area (Å²) in [6.45, 7) is 7.89. The Kier molecular flexibility index (Phi) is 60.3. The first-order chi connectivity index (χ1) is 34.6. The van der Waals surface area contributed by atoms with E-state index in [9.17, 15) is 9.59 Å². The summed E-state index contributed by atoms with van der Waals surface area (Å²) in [5, 5.41) is 0. The molecular weight excluding hydrogens is 861 g/mol. The maximum absolute atomic E-state index is 12.9. The molecule has 0 N–H and O–H groups in total. The molecule has 0 rings (SSSR count). The van der Waals surface area contributed by atoms with E-state index in [-0.39, 0.29) is 18.5 Å². The third-order valence-electron chi connectivity index (χ3n) is 14.5. The van der Waals surface area contributed by atoms with Crippen LogP contribution in [0.5, 0.6) is 0 Å². The summed E-state index contributed by atoms with van der Waals surface area (Å²) >= 11 is 0. The van der Waals surface area contributed by atoms with Gasteiger partial charge in [0.1, 0.15) is 6.61 Å². The number of ether oxygens (including phenoxy) is 3. The minimum Gasteiger partial charge on any atom is -0.462 e. The van der Waals surface area contributed by atoms with Crippen molar-refractivity contribution in [1.82, 2.24) is 0 Å². The molecule has 0 fully saturated rings. The first-order valence-corrected chi connectivity index (χ1v) is 31.9. The molecule has 414 valence electrons. The smallest absolute Gasteiger partial charge is 0.306 e. The van der Waals surface area contributed by atoms with Crippen molar-refractivity contribution in [3.8, 4) is 0 Å². The Morgan fingerprint density at radius 1 is 0.314 bits per heavy atom. The summed E-state index contributed by atoms with van der Waals surface area (Å²) in [5.74, 6) is -0.373. The summed E-state index contributed by atoms with van der Waals surface area (Å²) in [7, 11) is 0. The number of allylic oxidation sites excluding steroid dienone is 4. The first-order valence-electron chi connectivity index (χ1n) is 31.9. The highest BCUT2D eigenvalue weighted by Crippen LogP contribution is 2.18. The van der Waals surface area contributed by atoms with E-state index in [1.807, 2.05) is 0 Å². The molecule has 70 heavy (non-hydrogen) atoms. The van der Waals surface area contributed by atoms with Gasteiger partial charge in [-0.2, -0.15) is 0 Å². The van der Waals surface area contributed by atoms with E-state index in [0.717, 1.165) is 38.5 Å². The van der Waals surface area contributed by atoms with Gasteiger partial charge in [-0.05, 0) is 51.4 Å². The van der Waals surface area contributed by atoms with Crippen molar-refractivity contribution in [2.45, 2.75) is 361 Å². The van der Waals surface area contributed by atoms with E-state index in [1.165, 1.54) is 283 Å². The van der Waals surface area contributed by atoms with E-state index in [2.05, 4.69) is 45.1 Å². The van der Waals surface area contributed by atoms with Crippen LogP contribution < -0.4 is 0 Å². The summed E-state index contributed by atoms with van der Waals surface area (Å²) in [6, 6.07) is 0. The molecule has 5 heteroatoms. The fraction of sp³-hybridized carbons (Fsp3) is 0.908. The van der Waals surface area contributed by atoms with Crippen LogP contribution in [0.2, 0.25) is 0 Å². The van der Waals surface area contributed by atoms with Gasteiger partial charge in [0.25, 0.3) is 0 Å². The van der Waals surface area contributed by atoms with E-state index in [4.69, 9.17) is 14.2 Å². The maximum Gasteiger partial charge on any atom is 0.306 e. The monoisotopic (exact) mass is 985 g/mol. The topological polar surface area (TPSA) is 61.8 Å². The number of carbonyl (C=O) groups excluding carboxylic acids is 2. The van der Waals surface area contributed by atoms with Crippen LogP contribution >= 0.6 is 0 Å². The number of carbonyl (C=O) groups is 2. The lowest BCUT2D eigenvalue weighted by atomic mass is 10.0. The van der Waals surface area contributed by atoms with Crippen LogP contribution in [-0.2, 0) is 23.8 Å². The minimum absolute atomic E-state index is 0.0920. The highest BCUT2D eigenvalue weighted by molar-refractivity contribution is 5.70. The van der Waals surface area contributed by atoms with Crippen LogP contribution in [0.15, 0.2) is 24.3 Å². The molecule has 0 spiro atoms. The Morgan fingerprint density at radius 2 is 0.600 bits per heavy atom. The lowest BCUT2D eigenvalue weighted by Gasteiger charge is -2.18. The molecule has 0 saturated carbocycles. The molecule has 0 aromatic rings. The molecule has 5 nitrogen and oxygen atoms in total. The largest absolute Gasteiger partial charge is 0.462 e. The number of hydrogen-bond donors (Lipinski definition) is 0. The molecule has 1 atom stereocenters. The average Bonchev–Trinajstić information content (AvgIpc) is 3.36. The Morgan fingerprint density at radius 3 is 0.971 bits per heavy atom. The average molecular weight is 986 g/mol. The van der Waals surface area contributed by atoms with E-state index in [1.54, 1.807) is 0 Å².